The molecule has 0 spiro atoms. The predicted molar refractivity (Wildman–Crippen MR) is 126 cm³/mol. The van der Waals surface area contributed by atoms with E-state index in [4.69, 9.17) is 0 Å². The molecule has 9 heteroatoms. The third kappa shape index (κ3) is 4.69. The molecule has 2 aromatic heterocycles. The van der Waals surface area contributed by atoms with Gasteiger partial charge in [0, 0.05) is 69.9 Å². The zero-order valence-corrected chi connectivity index (χ0v) is 19.5. The number of hydrogen-bond donors (Lipinski definition) is 0. The molecule has 172 valence electrons. The van der Waals surface area contributed by atoms with Gasteiger partial charge in [0.25, 0.3) is 5.56 Å². The number of nitrogens with zero attached hydrogens (tertiary/aromatic N) is 5. The highest BCUT2D eigenvalue weighted by atomic mass is 32.1. The Morgan fingerprint density at radius 2 is 1.85 bits per heavy atom. The molecule has 1 aromatic carbocycles. The van der Waals surface area contributed by atoms with Gasteiger partial charge in [0.05, 0.1) is 11.6 Å². The van der Waals surface area contributed by atoms with Crippen LogP contribution in [0.25, 0.3) is 4.96 Å². The van der Waals surface area contributed by atoms with E-state index >= 15 is 0 Å². The second-order valence-electron chi connectivity index (χ2n) is 8.90. The lowest BCUT2D eigenvalue weighted by Gasteiger charge is -2.35. The minimum Gasteiger partial charge on any atom is -0.340 e. The maximum Gasteiger partial charge on any atom is 0.258 e. The number of carbonyl (C=O) groups is 2. The van der Waals surface area contributed by atoms with Crippen LogP contribution in [0.3, 0.4) is 0 Å². The molecule has 4 heterocycles. The van der Waals surface area contributed by atoms with Gasteiger partial charge < -0.3 is 9.80 Å². The van der Waals surface area contributed by atoms with E-state index in [0.717, 1.165) is 24.3 Å². The third-order valence-electron chi connectivity index (χ3n) is 6.48. The van der Waals surface area contributed by atoms with Gasteiger partial charge in [-0.05, 0) is 12.5 Å². The smallest absolute Gasteiger partial charge is 0.258 e. The first-order chi connectivity index (χ1) is 16.0. The standard InChI is InChI=1S/C24H27N5O3S/c1-17-2-4-18(5-3-17)14-28-15-19(12-21(28)30)23(32)27-8-6-26(7-9-27)16-20-13-22(31)29-10-11-33-24(29)25-20/h2-5,10-11,13,19H,6-9,12,14-16H2,1H3. The van der Waals surface area contributed by atoms with E-state index in [1.165, 1.54) is 16.9 Å². The third-order valence-corrected chi connectivity index (χ3v) is 7.24. The molecule has 0 saturated carbocycles. The van der Waals surface area contributed by atoms with Crippen molar-refractivity contribution in [1.82, 2.24) is 24.1 Å². The molecule has 0 N–H and O–H groups in total. The summed E-state index contributed by atoms with van der Waals surface area (Å²) in [4.78, 5) is 49.0. The van der Waals surface area contributed by atoms with Crippen LogP contribution in [0.1, 0.15) is 23.2 Å². The molecule has 2 aliphatic heterocycles. The number of carbonyl (C=O) groups excluding carboxylic acids is 2. The van der Waals surface area contributed by atoms with Crippen LogP contribution in [-0.4, -0.2) is 68.6 Å². The average molecular weight is 466 g/mol. The summed E-state index contributed by atoms with van der Waals surface area (Å²) in [6.45, 7) is 6.38. The first kappa shape index (κ1) is 21.8. The molecule has 3 aromatic rings. The fourth-order valence-corrected chi connectivity index (χ4v) is 5.33. The number of thiazole rings is 1. The van der Waals surface area contributed by atoms with E-state index in [0.29, 0.717) is 44.1 Å². The van der Waals surface area contributed by atoms with Gasteiger partial charge in [-0.2, -0.15) is 0 Å². The van der Waals surface area contributed by atoms with E-state index in [2.05, 4.69) is 9.88 Å². The Morgan fingerprint density at radius 1 is 1.09 bits per heavy atom. The Bertz CT molecular complexity index is 1230. The quantitative estimate of drug-likeness (QED) is 0.574. The Kier molecular flexibility index (Phi) is 5.99. The van der Waals surface area contributed by atoms with Gasteiger partial charge in [0.2, 0.25) is 11.8 Å². The molecule has 0 bridgehead atoms. The van der Waals surface area contributed by atoms with Crippen molar-refractivity contribution < 1.29 is 9.59 Å². The molecule has 5 rings (SSSR count). The lowest BCUT2D eigenvalue weighted by Crippen LogP contribution is -2.50. The second-order valence-corrected chi connectivity index (χ2v) is 9.78. The number of piperazine rings is 1. The van der Waals surface area contributed by atoms with Crippen LogP contribution in [-0.2, 0) is 22.7 Å². The topological polar surface area (TPSA) is 78.2 Å². The first-order valence-electron chi connectivity index (χ1n) is 11.3. The van der Waals surface area contributed by atoms with Crippen molar-refractivity contribution in [3.8, 4) is 0 Å². The minimum atomic E-state index is -0.266. The van der Waals surface area contributed by atoms with Crippen LogP contribution in [0.15, 0.2) is 46.7 Å². The summed E-state index contributed by atoms with van der Waals surface area (Å²) in [6.07, 6.45) is 2.03. The summed E-state index contributed by atoms with van der Waals surface area (Å²) in [5.74, 6) is -0.142. The molecule has 33 heavy (non-hydrogen) atoms. The van der Waals surface area contributed by atoms with Gasteiger partial charge in [-0.25, -0.2) is 4.98 Å². The number of likely N-dealkylation sites (tertiary alicyclic amines) is 1. The van der Waals surface area contributed by atoms with E-state index in [1.807, 2.05) is 41.5 Å². The van der Waals surface area contributed by atoms with Gasteiger partial charge in [0.15, 0.2) is 4.96 Å². The number of aryl methyl sites for hydroxylation is 1. The maximum atomic E-state index is 13.1. The van der Waals surface area contributed by atoms with E-state index < -0.39 is 0 Å². The lowest BCUT2D eigenvalue weighted by atomic mass is 10.1. The molecule has 8 nitrogen and oxygen atoms in total. The largest absolute Gasteiger partial charge is 0.340 e. The van der Waals surface area contributed by atoms with Crippen molar-refractivity contribution in [3.05, 3.63) is 69.1 Å². The van der Waals surface area contributed by atoms with Gasteiger partial charge in [0.1, 0.15) is 0 Å². The lowest BCUT2D eigenvalue weighted by molar-refractivity contribution is -0.137. The van der Waals surface area contributed by atoms with Crippen LogP contribution in [0.5, 0.6) is 0 Å². The number of aromatic nitrogens is 2. The van der Waals surface area contributed by atoms with E-state index in [-0.39, 0.29) is 23.3 Å². The van der Waals surface area contributed by atoms with Crippen molar-refractivity contribution in [2.75, 3.05) is 32.7 Å². The summed E-state index contributed by atoms with van der Waals surface area (Å²) in [5.41, 5.74) is 2.97. The number of fused-ring (bicyclic) bond motifs is 1. The number of amides is 2. The van der Waals surface area contributed by atoms with E-state index in [9.17, 15) is 14.4 Å². The Labute approximate surface area is 196 Å². The molecule has 2 saturated heterocycles. The predicted octanol–water partition coefficient (Wildman–Crippen LogP) is 1.76. The fourth-order valence-electron chi connectivity index (χ4n) is 4.59. The van der Waals surface area contributed by atoms with Crippen LogP contribution < -0.4 is 5.56 Å². The molecule has 1 unspecified atom stereocenters. The van der Waals surface area contributed by atoms with Crippen molar-refractivity contribution in [3.63, 3.8) is 0 Å². The number of hydrogen-bond acceptors (Lipinski definition) is 6. The van der Waals surface area contributed by atoms with Crippen molar-refractivity contribution in [1.29, 1.82) is 0 Å². The van der Waals surface area contributed by atoms with E-state index in [1.54, 1.807) is 21.6 Å². The van der Waals surface area contributed by atoms with Crippen LogP contribution in [0.2, 0.25) is 0 Å². The average Bonchev–Trinajstić information content (AvgIpc) is 3.42. The zero-order valence-electron chi connectivity index (χ0n) is 18.6. The summed E-state index contributed by atoms with van der Waals surface area (Å²) in [5, 5.41) is 1.85. The first-order valence-corrected chi connectivity index (χ1v) is 12.1. The van der Waals surface area contributed by atoms with Gasteiger partial charge >= 0.3 is 0 Å². The second kappa shape index (κ2) is 9.07. The molecular formula is C24H27N5O3S. The maximum absolute atomic E-state index is 13.1. The highest BCUT2D eigenvalue weighted by molar-refractivity contribution is 7.15. The Balaban J connectivity index is 1.14. The highest BCUT2D eigenvalue weighted by Crippen LogP contribution is 2.23. The Hall–Kier alpha value is -3.04. The summed E-state index contributed by atoms with van der Waals surface area (Å²) in [7, 11) is 0. The molecule has 0 radical (unpaired) electrons. The summed E-state index contributed by atoms with van der Waals surface area (Å²) >= 11 is 1.45. The number of rotatable bonds is 5. The summed E-state index contributed by atoms with van der Waals surface area (Å²) < 4.78 is 1.55. The van der Waals surface area contributed by atoms with Crippen LogP contribution in [0.4, 0.5) is 0 Å². The van der Waals surface area contributed by atoms with Gasteiger partial charge in [-0.3, -0.25) is 23.7 Å². The molecular weight excluding hydrogens is 438 g/mol. The zero-order chi connectivity index (χ0) is 22.9. The van der Waals surface area contributed by atoms with Crippen LogP contribution >= 0.6 is 11.3 Å². The fraction of sp³-hybridized carbons (Fsp3) is 0.417. The molecule has 2 amide bonds. The monoisotopic (exact) mass is 465 g/mol. The van der Waals surface area contributed by atoms with Crippen molar-refractivity contribution >= 4 is 28.1 Å². The molecule has 2 fully saturated rings. The normalized spacial score (nSPS) is 19.5. The Morgan fingerprint density at radius 3 is 2.61 bits per heavy atom. The minimum absolute atomic E-state index is 0.0499. The SMILES string of the molecule is Cc1ccc(CN2CC(C(=O)N3CCN(Cc4cc(=O)n5ccsc5n4)CC3)CC2=O)cc1. The summed E-state index contributed by atoms with van der Waals surface area (Å²) in [6, 6.07) is 9.75. The van der Waals surface area contributed by atoms with Crippen LogP contribution in [0, 0.1) is 12.8 Å². The van der Waals surface area contributed by atoms with Gasteiger partial charge in [-0.15, -0.1) is 11.3 Å². The van der Waals surface area contributed by atoms with Crippen molar-refractivity contribution in [2.45, 2.75) is 26.4 Å². The van der Waals surface area contributed by atoms with Gasteiger partial charge in [-0.1, -0.05) is 29.8 Å². The molecule has 2 aliphatic rings. The van der Waals surface area contributed by atoms with Crippen molar-refractivity contribution in [2.24, 2.45) is 5.92 Å². The number of benzene rings is 1. The highest BCUT2D eigenvalue weighted by Gasteiger charge is 2.37. The molecule has 0 aliphatic carbocycles. The molecule has 1 atom stereocenters.